The molecule has 1 aromatic rings. The molecule has 0 aromatic heterocycles. The molecule has 0 aliphatic carbocycles. The van der Waals surface area contributed by atoms with E-state index in [0.29, 0.717) is 25.9 Å². The molecule has 2 N–H and O–H groups in total. The molecule has 1 saturated heterocycles. The average molecular weight is 387 g/mol. The number of benzene rings is 1. The van der Waals surface area contributed by atoms with Crippen molar-refractivity contribution < 1.29 is 27.9 Å². The summed E-state index contributed by atoms with van der Waals surface area (Å²) >= 11 is 0. The van der Waals surface area contributed by atoms with Crippen LogP contribution in [0.4, 0.5) is 18.9 Å². The highest BCUT2D eigenvalue weighted by Crippen LogP contribution is 2.34. The number of para-hydroxylation sites is 1. The number of rotatable bonds is 5. The zero-order chi connectivity index (χ0) is 20.2. The molecule has 27 heavy (non-hydrogen) atoms. The van der Waals surface area contributed by atoms with Gasteiger partial charge in [-0.05, 0) is 31.9 Å². The predicted octanol–water partition coefficient (Wildman–Crippen LogP) is 1.95. The Morgan fingerprint density at radius 2 is 1.89 bits per heavy atom. The largest absolute Gasteiger partial charge is 0.418 e. The van der Waals surface area contributed by atoms with Crippen LogP contribution in [0.25, 0.3) is 0 Å². The van der Waals surface area contributed by atoms with Crippen molar-refractivity contribution in [2.24, 2.45) is 0 Å². The summed E-state index contributed by atoms with van der Waals surface area (Å²) in [6.45, 7) is 2.51. The molecule has 1 aliphatic rings. The molecular weight excluding hydrogens is 363 g/mol. The van der Waals surface area contributed by atoms with E-state index in [4.69, 9.17) is 0 Å². The molecule has 0 spiro atoms. The van der Waals surface area contributed by atoms with Gasteiger partial charge in [0, 0.05) is 20.1 Å². The van der Waals surface area contributed by atoms with Crippen molar-refractivity contribution in [1.29, 1.82) is 0 Å². The lowest BCUT2D eigenvalue weighted by atomic mass is 10.1. The van der Waals surface area contributed by atoms with E-state index < -0.39 is 23.7 Å². The summed E-state index contributed by atoms with van der Waals surface area (Å²) in [5.74, 6) is -1.01. The summed E-state index contributed by atoms with van der Waals surface area (Å²) in [5, 5.41) is 11.8. The van der Waals surface area contributed by atoms with Crippen molar-refractivity contribution in [1.82, 2.24) is 9.80 Å². The van der Waals surface area contributed by atoms with Gasteiger partial charge >= 0.3 is 6.18 Å². The molecule has 1 heterocycles. The van der Waals surface area contributed by atoms with Crippen molar-refractivity contribution in [3.8, 4) is 0 Å². The number of anilines is 1. The standard InChI is InChI=1S/C18H24F3N3O3/c1-12(24-9-7-13(25)8-10-24)17(27)23(2)11-16(26)22-15-6-4-3-5-14(15)18(19,20)21/h3-6,12-13,25H,7-11H2,1-2H3,(H,22,26). The van der Waals surface area contributed by atoms with Gasteiger partial charge in [-0.15, -0.1) is 0 Å². The van der Waals surface area contributed by atoms with Crippen molar-refractivity contribution >= 4 is 17.5 Å². The highest BCUT2D eigenvalue weighted by molar-refractivity contribution is 5.95. The monoisotopic (exact) mass is 387 g/mol. The van der Waals surface area contributed by atoms with Crippen LogP contribution >= 0.6 is 0 Å². The second-order valence-electron chi connectivity index (χ2n) is 6.73. The summed E-state index contributed by atoms with van der Waals surface area (Å²) in [6.07, 6.45) is -3.79. The number of halogens is 3. The van der Waals surface area contributed by atoms with Crippen LogP contribution in [0.3, 0.4) is 0 Å². The SMILES string of the molecule is CC(C(=O)N(C)CC(=O)Nc1ccccc1C(F)(F)F)N1CCC(O)CC1. The highest BCUT2D eigenvalue weighted by atomic mass is 19.4. The molecule has 1 aromatic carbocycles. The summed E-state index contributed by atoms with van der Waals surface area (Å²) in [6, 6.07) is 4.22. The molecular formula is C18H24F3N3O3. The molecule has 0 saturated carbocycles. The maximum atomic E-state index is 13.0. The molecule has 150 valence electrons. The number of nitrogens with one attached hydrogen (secondary N) is 1. The van der Waals surface area contributed by atoms with Crippen LogP contribution in [0.15, 0.2) is 24.3 Å². The van der Waals surface area contributed by atoms with Gasteiger partial charge in [0.2, 0.25) is 11.8 Å². The first-order chi connectivity index (χ1) is 12.6. The lowest BCUT2D eigenvalue weighted by Gasteiger charge is -2.35. The number of hydrogen-bond acceptors (Lipinski definition) is 4. The van der Waals surface area contributed by atoms with E-state index in [1.165, 1.54) is 30.1 Å². The van der Waals surface area contributed by atoms with Crippen molar-refractivity contribution in [3.05, 3.63) is 29.8 Å². The average Bonchev–Trinajstić information content (AvgIpc) is 2.60. The molecule has 1 unspecified atom stereocenters. The number of hydrogen-bond donors (Lipinski definition) is 2. The van der Waals surface area contributed by atoms with Gasteiger partial charge in [-0.3, -0.25) is 14.5 Å². The third-order valence-electron chi connectivity index (χ3n) is 4.67. The van der Waals surface area contributed by atoms with E-state index in [9.17, 15) is 27.9 Å². The van der Waals surface area contributed by atoms with Crippen LogP contribution in [-0.4, -0.2) is 65.5 Å². The topological polar surface area (TPSA) is 72.9 Å². The molecule has 9 heteroatoms. The Balaban J connectivity index is 1.95. The summed E-state index contributed by atoms with van der Waals surface area (Å²) in [7, 11) is 1.44. The number of likely N-dealkylation sites (N-methyl/N-ethyl adjacent to an activating group) is 1. The zero-order valence-electron chi connectivity index (χ0n) is 15.3. The zero-order valence-corrected chi connectivity index (χ0v) is 15.3. The minimum atomic E-state index is -4.58. The van der Waals surface area contributed by atoms with Crippen molar-refractivity contribution in [2.75, 3.05) is 32.0 Å². The number of nitrogens with zero attached hydrogens (tertiary/aromatic N) is 2. The van der Waals surface area contributed by atoms with Crippen molar-refractivity contribution in [2.45, 2.75) is 38.1 Å². The van der Waals surface area contributed by atoms with Gasteiger partial charge in [0.15, 0.2) is 0 Å². The third-order valence-corrected chi connectivity index (χ3v) is 4.67. The number of amides is 2. The molecule has 1 atom stereocenters. The Hall–Kier alpha value is -2.13. The molecule has 6 nitrogen and oxygen atoms in total. The Bertz CT molecular complexity index is 673. The first-order valence-corrected chi connectivity index (χ1v) is 8.72. The molecule has 1 aliphatic heterocycles. The van der Waals surface area contributed by atoms with E-state index in [1.807, 2.05) is 4.90 Å². The van der Waals surface area contributed by atoms with Crippen LogP contribution in [-0.2, 0) is 15.8 Å². The van der Waals surface area contributed by atoms with E-state index in [2.05, 4.69) is 5.32 Å². The quantitative estimate of drug-likeness (QED) is 0.810. The number of alkyl halides is 3. The van der Waals surface area contributed by atoms with Crippen molar-refractivity contribution in [3.63, 3.8) is 0 Å². The maximum absolute atomic E-state index is 13.0. The molecule has 2 rings (SSSR count). The van der Waals surface area contributed by atoms with Gasteiger partial charge in [0.25, 0.3) is 0 Å². The first kappa shape index (κ1) is 21.2. The predicted molar refractivity (Wildman–Crippen MR) is 94.0 cm³/mol. The van der Waals surface area contributed by atoms with Crippen LogP contribution < -0.4 is 5.32 Å². The number of carbonyl (C=O) groups is 2. The van der Waals surface area contributed by atoms with Crippen LogP contribution in [0.2, 0.25) is 0 Å². The van der Waals surface area contributed by atoms with Crippen LogP contribution in [0, 0.1) is 0 Å². The number of piperidine rings is 1. The lowest BCUT2D eigenvalue weighted by molar-refractivity contribution is -0.139. The van der Waals surface area contributed by atoms with Gasteiger partial charge in [-0.25, -0.2) is 0 Å². The Morgan fingerprint density at radius 1 is 1.30 bits per heavy atom. The lowest BCUT2D eigenvalue weighted by Crippen LogP contribution is -2.50. The second-order valence-corrected chi connectivity index (χ2v) is 6.73. The maximum Gasteiger partial charge on any atom is 0.418 e. The number of carbonyl (C=O) groups excluding carboxylic acids is 2. The number of aliphatic hydroxyl groups excluding tert-OH is 1. The van der Waals surface area contributed by atoms with Gasteiger partial charge in [0.05, 0.1) is 29.9 Å². The van der Waals surface area contributed by atoms with Crippen LogP contribution in [0.5, 0.6) is 0 Å². The number of likely N-dealkylation sites (tertiary alicyclic amines) is 1. The fraction of sp³-hybridized carbons (Fsp3) is 0.556. The first-order valence-electron chi connectivity index (χ1n) is 8.72. The van der Waals surface area contributed by atoms with E-state index in [-0.39, 0.29) is 24.2 Å². The molecule has 0 bridgehead atoms. The normalized spacial score (nSPS) is 17.4. The molecule has 0 radical (unpaired) electrons. The minimum Gasteiger partial charge on any atom is -0.393 e. The Kier molecular flexibility index (Phi) is 6.83. The Morgan fingerprint density at radius 3 is 2.48 bits per heavy atom. The molecule has 1 fully saturated rings. The van der Waals surface area contributed by atoms with Crippen LogP contribution in [0.1, 0.15) is 25.3 Å². The van der Waals surface area contributed by atoms with E-state index in [1.54, 1.807) is 6.92 Å². The second kappa shape index (κ2) is 8.71. The fourth-order valence-electron chi connectivity index (χ4n) is 3.07. The third kappa shape index (κ3) is 5.67. The van der Waals surface area contributed by atoms with E-state index in [0.717, 1.165) is 6.07 Å². The Labute approximate surface area is 155 Å². The molecule has 2 amide bonds. The fourth-order valence-corrected chi connectivity index (χ4v) is 3.07. The summed E-state index contributed by atoms with van der Waals surface area (Å²) < 4.78 is 39.0. The van der Waals surface area contributed by atoms with E-state index >= 15 is 0 Å². The number of aliphatic hydroxyl groups is 1. The van der Waals surface area contributed by atoms with Gasteiger partial charge in [-0.2, -0.15) is 13.2 Å². The highest BCUT2D eigenvalue weighted by Gasteiger charge is 2.34. The van der Waals surface area contributed by atoms with Gasteiger partial charge in [0.1, 0.15) is 0 Å². The minimum absolute atomic E-state index is 0.300. The smallest absolute Gasteiger partial charge is 0.393 e. The summed E-state index contributed by atoms with van der Waals surface area (Å²) in [5.41, 5.74) is -1.28. The van der Waals surface area contributed by atoms with Gasteiger partial charge in [-0.1, -0.05) is 12.1 Å². The van der Waals surface area contributed by atoms with Gasteiger partial charge < -0.3 is 15.3 Å². The summed E-state index contributed by atoms with van der Waals surface area (Å²) in [4.78, 5) is 27.7.